The molecule has 2 N–H and O–H groups in total. The molecule has 150 valence electrons. The molecule has 1 aromatic heterocycles. The molecule has 8 nitrogen and oxygen atoms in total. The number of aromatic nitrogens is 2. The van der Waals surface area contributed by atoms with E-state index in [-0.39, 0.29) is 24.4 Å². The third kappa shape index (κ3) is 4.98. The summed E-state index contributed by atoms with van der Waals surface area (Å²) in [6, 6.07) is 12.5. The fraction of sp³-hybridized carbons (Fsp3) is 0.238. The van der Waals surface area contributed by atoms with Crippen LogP contribution in [0, 0.1) is 6.92 Å². The van der Waals surface area contributed by atoms with Crippen LogP contribution in [0.3, 0.4) is 0 Å². The van der Waals surface area contributed by atoms with Crippen molar-refractivity contribution in [1.29, 1.82) is 0 Å². The van der Waals surface area contributed by atoms with Crippen LogP contribution >= 0.6 is 0 Å². The standard InChI is InChI=1S/C21H22N4O4/c1-14-4-3-5-17-19(14)23-13-25(20(17)27)11-10-18(26)22-12-15-6-8-16(9-7-15)24-21(28)29-2/h3-9,13H,10-12H2,1-2H3,(H,22,26)(H,24,28). The fourth-order valence-corrected chi connectivity index (χ4v) is 2.88. The van der Waals surface area contributed by atoms with Gasteiger partial charge in [0.25, 0.3) is 5.56 Å². The van der Waals surface area contributed by atoms with E-state index in [0.29, 0.717) is 23.1 Å². The Kier molecular flexibility index (Phi) is 6.23. The zero-order valence-corrected chi connectivity index (χ0v) is 16.3. The summed E-state index contributed by atoms with van der Waals surface area (Å²) in [6.07, 6.45) is 1.11. The van der Waals surface area contributed by atoms with Crippen molar-refractivity contribution in [2.24, 2.45) is 0 Å². The second-order valence-corrected chi connectivity index (χ2v) is 6.55. The Bertz CT molecular complexity index is 1090. The van der Waals surface area contributed by atoms with Crippen LogP contribution in [0.4, 0.5) is 10.5 Å². The Morgan fingerprint density at radius 2 is 1.90 bits per heavy atom. The van der Waals surface area contributed by atoms with Gasteiger partial charge < -0.3 is 10.1 Å². The largest absolute Gasteiger partial charge is 0.453 e. The number of hydrogen-bond donors (Lipinski definition) is 2. The van der Waals surface area contributed by atoms with Gasteiger partial charge in [0.2, 0.25) is 5.91 Å². The summed E-state index contributed by atoms with van der Waals surface area (Å²) in [5.41, 5.74) is 2.96. The van der Waals surface area contributed by atoms with Gasteiger partial charge in [-0.2, -0.15) is 0 Å². The van der Waals surface area contributed by atoms with Crippen LogP contribution < -0.4 is 16.2 Å². The first-order chi connectivity index (χ1) is 14.0. The van der Waals surface area contributed by atoms with Gasteiger partial charge in [-0.3, -0.25) is 19.5 Å². The summed E-state index contributed by atoms with van der Waals surface area (Å²) >= 11 is 0. The molecule has 2 aromatic carbocycles. The molecule has 0 aliphatic rings. The maximum absolute atomic E-state index is 12.6. The first kappa shape index (κ1) is 20.1. The molecule has 0 saturated carbocycles. The molecule has 0 radical (unpaired) electrons. The number of rotatable bonds is 6. The number of amides is 2. The predicted molar refractivity (Wildman–Crippen MR) is 110 cm³/mol. The van der Waals surface area contributed by atoms with Crippen LogP contribution in [0.15, 0.2) is 53.6 Å². The van der Waals surface area contributed by atoms with Crippen LogP contribution in [0.25, 0.3) is 10.9 Å². The van der Waals surface area contributed by atoms with Crippen molar-refractivity contribution >= 4 is 28.6 Å². The number of benzene rings is 2. The molecule has 2 amide bonds. The van der Waals surface area contributed by atoms with Gasteiger partial charge in [-0.15, -0.1) is 0 Å². The molecule has 3 aromatic rings. The summed E-state index contributed by atoms with van der Waals surface area (Å²) in [4.78, 5) is 40.2. The summed E-state index contributed by atoms with van der Waals surface area (Å²) in [5.74, 6) is -0.169. The molecule has 0 fully saturated rings. The monoisotopic (exact) mass is 394 g/mol. The minimum atomic E-state index is -0.542. The molecule has 0 unspecified atom stereocenters. The third-order valence-electron chi connectivity index (χ3n) is 4.51. The van der Waals surface area contributed by atoms with E-state index in [1.807, 2.05) is 19.1 Å². The predicted octanol–water partition coefficient (Wildman–Crippen LogP) is 2.59. The Balaban J connectivity index is 1.54. The highest BCUT2D eigenvalue weighted by Gasteiger charge is 2.08. The van der Waals surface area contributed by atoms with Gasteiger partial charge in [0.05, 0.1) is 24.3 Å². The fourth-order valence-electron chi connectivity index (χ4n) is 2.88. The molecule has 1 heterocycles. The van der Waals surface area contributed by atoms with E-state index >= 15 is 0 Å². The average molecular weight is 394 g/mol. The number of ether oxygens (including phenoxy) is 1. The zero-order valence-electron chi connectivity index (χ0n) is 16.3. The Labute approximate surface area is 167 Å². The second kappa shape index (κ2) is 9.01. The zero-order chi connectivity index (χ0) is 20.8. The van der Waals surface area contributed by atoms with Crippen LogP contribution in [-0.4, -0.2) is 28.7 Å². The number of nitrogens with one attached hydrogen (secondary N) is 2. The van der Waals surface area contributed by atoms with Crippen LogP contribution in [0.2, 0.25) is 0 Å². The van der Waals surface area contributed by atoms with Crippen molar-refractivity contribution in [3.05, 3.63) is 70.3 Å². The molecule has 3 rings (SSSR count). The number of aryl methyl sites for hydroxylation is 2. The summed E-state index contributed by atoms with van der Waals surface area (Å²) in [5, 5.41) is 5.93. The summed E-state index contributed by atoms with van der Waals surface area (Å²) in [6.45, 7) is 2.51. The van der Waals surface area contributed by atoms with Crippen LogP contribution in [0.1, 0.15) is 17.5 Å². The number of fused-ring (bicyclic) bond motifs is 1. The number of nitrogens with zero attached hydrogens (tertiary/aromatic N) is 2. The molecule has 8 heteroatoms. The normalized spacial score (nSPS) is 10.6. The van der Waals surface area contributed by atoms with Crippen LogP contribution in [0.5, 0.6) is 0 Å². The number of anilines is 1. The average Bonchev–Trinajstić information content (AvgIpc) is 2.73. The van der Waals surface area contributed by atoms with Gasteiger partial charge in [-0.1, -0.05) is 24.3 Å². The van der Waals surface area contributed by atoms with Gasteiger partial charge in [0.1, 0.15) is 0 Å². The minimum Gasteiger partial charge on any atom is -0.453 e. The SMILES string of the molecule is COC(=O)Nc1ccc(CNC(=O)CCn2cnc3c(C)cccc3c2=O)cc1. The third-order valence-corrected chi connectivity index (χ3v) is 4.51. The molecule has 0 bridgehead atoms. The number of methoxy groups -OCH3 is 1. The Morgan fingerprint density at radius 1 is 1.14 bits per heavy atom. The highest BCUT2D eigenvalue weighted by Crippen LogP contribution is 2.12. The van der Waals surface area contributed by atoms with E-state index in [2.05, 4.69) is 20.4 Å². The van der Waals surface area contributed by atoms with Crippen molar-refractivity contribution in [1.82, 2.24) is 14.9 Å². The number of hydrogen-bond acceptors (Lipinski definition) is 5. The van der Waals surface area contributed by atoms with Crippen molar-refractivity contribution in [2.75, 3.05) is 12.4 Å². The maximum Gasteiger partial charge on any atom is 0.411 e. The Hall–Kier alpha value is -3.68. The van der Waals surface area contributed by atoms with Gasteiger partial charge in [-0.05, 0) is 36.2 Å². The lowest BCUT2D eigenvalue weighted by Gasteiger charge is -2.09. The molecular formula is C21H22N4O4. The smallest absolute Gasteiger partial charge is 0.411 e. The van der Waals surface area contributed by atoms with Gasteiger partial charge in [0, 0.05) is 25.2 Å². The molecule has 29 heavy (non-hydrogen) atoms. The van der Waals surface area contributed by atoms with Gasteiger partial charge in [-0.25, -0.2) is 9.78 Å². The van der Waals surface area contributed by atoms with Crippen LogP contribution in [-0.2, 0) is 22.6 Å². The minimum absolute atomic E-state index is 0.153. The molecule has 0 spiro atoms. The number of carbonyl (C=O) groups is 2. The van der Waals surface area contributed by atoms with E-state index in [9.17, 15) is 14.4 Å². The highest BCUT2D eigenvalue weighted by atomic mass is 16.5. The van der Waals surface area contributed by atoms with E-state index in [1.54, 1.807) is 30.3 Å². The highest BCUT2D eigenvalue weighted by molar-refractivity contribution is 5.84. The van der Waals surface area contributed by atoms with E-state index in [0.717, 1.165) is 11.1 Å². The second-order valence-electron chi connectivity index (χ2n) is 6.55. The lowest BCUT2D eigenvalue weighted by Crippen LogP contribution is -2.27. The lowest BCUT2D eigenvalue weighted by atomic mass is 10.1. The van der Waals surface area contributed by atoms with E-state index in [1.165, 1.54) is 18.0 Å². The van der Waals surface area contributed by atoms with Crippen molar-refractivity contribution in [2.45, 2.75) is 26.4 Å². The van der Waals surface area contributed by atoms with Gasteiger partial charge >= 0.3 is 6.09 Å². The van der Waals surface area contributed by atoms with Crippen molar-refractivity contribution < 1.29 is 14.3 Å². The maximum atomic E-state index is 12.6. The first-order valence-corrected chi connectivity index (χ1v) is 9.13. The lowest BCUT2D eigenvalue weighted by molar-refractivity contribution is -0.121. The van der Waals surface area contributed by atoms with Crippen molar-refractivity contribution in [3.63, 3.8) is 0 Å². The summed E-state index contributed by atoms with van der Waals surface area (Å²) in [7, 11) is 1.29. The van der Waals surface area contributed by atoms with E-state index < -0.39 is 6.09 Å². The summed E-state index contributed by atoms with van der Waals surface area (Å²) < 4.78 is 5.98. The molecular weight excluding hydrogens is 372 g/mol. The number of para-hydroxylation sites is 1. The first-order valence-electron chi connectivity index (χ1n) is 9.13. The molecule has 0 saturated heterocycles. The number of carbonyl (C=O) groups excluding carboxylic acids is 2. The Morgan fingerprint density at radius 3 is 2.62 bits per heavy atom. The topological polar surface area (TPSA) is 102 Å². The van der Waals surface area contributed by atoms with E-state index in [4.69, 9.17) is 0 Å². The molecule has 0 aliphatic heterocycles. The quantitative estimate of drug-likeness (QED) is 0.669. The van der Waals surface area contributed by atoms with Gasteiger partial charge in [0.15, 0.2) is 0 Å². The van der Waals surface area contributed by atoms with Crippen molar-refractivity contribution in [3.8, 4) is 0 Å². The molecule has 0 aliphatic carbocycles. The molecule has 0 atom stereocenters.